The van der Waals surface area contributed by atoms with E-state index < -0.39 is 49.7 Å². The fraction of sp³-hybridized carbons (Fsp3) is 0.357. The number of benzene rings is 4. The maximum atomic E-state index is 11.6. The Morgan fingerprint density at radius 3 is 1.64 bits per heavy atom. The van der Waals surface area contributed by atoms with E-state index in [1.165, 1.54) is 79.1 Å². The number of hydrogen-bond donors (Lipinski definition) is 6. The highest BCUT2D eigenvalue weighted by molar-refractivity contribution is 5.75. The molecular formula is C42H48O16. The Morgan fingerprint density at radius 2 is 1.16 bits per heavy atom. The van der Waals surface area contributed by atoms with Gasteiger partial charge in [0.25, 0.3) is 0 Å². The molecule has 16 nitrogen and oxygen atoms in total. The lowest BCUT2D eigenvalue weighted by molar-refractivity contribution is -0.104. The Kier molecular flexibility index (Phi) is 14.5. The number of carbonyl (C=O) groups excluding carboxylic acids is 1. The largest absolute Gasteiger partial charge is 0.504 e. The Labute approximate surface area is 334 Å². The molecule has 4 aromatic carbocycles. The first-order valence-corrected chi connectivity index (χ1v) is 18.0. The second kappa shape index (κ2) is 19.5. The number of aldehydes is 1. The smallest absolute Gasteiger partial charge is 0.204 e. The third-order valence-electron chi connectivity index (χ3n) is 9.68. The Bertz CT molecular complexity index is 2020. The lowest BCUT2D eigenvalue weighted by atomic mass is 9.90. The summed E-state index contributed by atoms with van der Waals surface area (Å²) in [5, 5.41) is 64.0. The summed E-state index contributed by atoms with van der Waals surface area (Å²) in [6, 6.07) is 13.8. The van der Waals surface area contributed by atoms with Crippen molar-refractivity contribution in [2.75, 3.05) is 62.5 Å². The van der Waals surface area contributed by atoms with Crippen LogP contribution in [0.3, 0.4) is 0 Å². The van der Waals surface area contributed by atoms with Crippen molar-refractivity contribution < 1.29 is 78.1 Å². The number of phenolic OH excluding ortho intramolecular Hbond substituents is 1. The summed E-state index contributed by atoms with van der Waals surface area (Å²) >= 11 is 0. The molecule has 0 amide bonds. The van der Waals surface area contributed by atoms with Gasteiger partial charge in [-0.05, 0) is 71.3 Å². The van der Waals surface area contributed by atoms with Crippen LogP contribution in [0, 0.1) is 0 Å². The van der Waals surface area contributed by atoms with Crippen LogP contribution in [0.5, 0.6) is 57.5 Å². The number of rotatable bonds is 20. The fourth-order valence-corrected chi connectivity index (χ4v) is 6.69. The molecule has 1 aliphatic heterocycles. The van der Waals surface area contributed by atoms with E-state index in [-0.39, 0.29) is 63.7 Å². The number of phenols is 1. The zero-order valence-electron chi connectivity index (χ0n) is 32.8. The van der Waals surface area contributed by atoms with Gasteiger partial charge in [0.1, 0.15) is 24.6 Å². The van der Waals surface area contributed by atoms with Crippen LogP contribution >= 0.6 is 0 Å². The first-order valence-electron chi connectivity index (χ1n) is 18.0. The zero-order chi connectivity index (χ0) is 42.1. The molecule has 0 bridgehead atoms. The van der Waals surface area contributed by atoms with Gasteiger partial charge in [0.15, 0.2) is 58.2 Å². The van der Waals surface area contributed by atoms with E-state index >= 15 is 0 Å². The normalized spacial score (nSPS) is 16.7. The first-order chi connectivity index (χ1) is 28.0. The van der Waals surface area contributed by atoms with Gasteiger partial charge in [-0.1, -0.05) is 12.1 Å². The van der Waals surface area contributed by atoms with Gasteiger partial charge in [0.2, 0.25) is 11.5 Å². The molecule has 0 spiro atoms. The van der Waals surface area contributed by atoms with Crippen molar-refractivity contribution in [3.8, 4) is 57.5 Å². The monoisotopic (exact) mass is 808 g/mol. The van der Waals surface area contributed by atoms with Crippen LogP contribution in [0.2, 0.25) is 0 Å². The number of methoxy groups -OCH3 is 6. The molecule has 0 saturated carbocycles. The highest BCUT2D eigenvalue weighted by Crippen LogP contribution is 2.53. The molecule has 0 fully saturated rings. The summed E-state index contributed by atoms with van der Waals surface area (Å²) < 4.78 is 51.9. The maximum absolute atomic E-state index is 11.6. The summed E-state index contributed by atoms with van der Waals surface area (Å²) in [5.41, 5.74) is 2.36. The zero-order valence-corrected chi connectivity index (χ0v) is 32.8. The van der Waals surface area contributed by atoms with Crippen LogP contribution in [-0.2, 0) is 4.79 Å². The number of aliphatic hydroxyl groups excluding tert-OH is 5. The van der Waals surface area contributed by atoms with Crippen molar-refractivity contribution in [3.05, 3.63) is 88.5 Å². The van der Waals surface area contributed by atoms with Crippen molar-refractivity contribution >= 4 is 12.4 Å². The number of ether oxygens (including phenoxy) is 9. The third-order valence-corrected chi connectivity index (χ3v) is 9.68. The van der Waals surface area contributed by atoms with E-state index in [2.05, 4.69) is 0 Å². The third kappa shape index (κ3) is 8.80. The number of carbonyl (C=O) groups is 1. The number of aromatic hydroxyl groups is 1. The van der Waals surface area contributed by atoms with Gasteiger partial charge in [-0.25, -0.2) is 0 Å². The van der Waals surface area contributed by atoms with Gasteiger partial charge >= 0.3 is 0 Å². The Morgan fingerprint density at radius 1 is 0.655 bits per heavy atom. The van der Waals surface area contributed by atoms with E-state index in [9.17, 15) is 35.4 Å². The van der Waals surface area contributed by atoms with Crippen LogP contribution in [0.1, 0.15) is 52.0 Å². The summed E-state index contributed by atoms with van der Waals surface area (Å²) in [4.78, 5) is 11.0. The Hall–Kier alpha value is -5.91. The highest BCUT2D eigenvalue weighted by atomic mass is 16.6. The molecule has 16 heteroatoms. The van der Waals surface area contributed by atoms with Crippen LogP contribution < -0.4 is 42.6 Å². The molecular weight excluding hydrogens is 760 g/mol. The van der Waals surface area contributed by atoms with Crippen molar-refractivity contribution in [2.24, 2.45) is 0 Å². The van der Waals surface area contributed by atoms with Crippen LogP contribution in [0.4, 0.5) is 0 Å². The topological polar surface area (TPSA) is 222 Å². The quantitative estimate of drug-likeness (QED) is 0.0552. The molecule has 6 atom stereocenters. The number of aliphatic hydroxyl groups is 5. The standard InChI is InChI=1S/C42H48O16/c1-50-29-14-23(9-10-28(29)47)37(48)35(20-45)56-41-31(52-3)15-24(16-32(41)53-4)38(49)36(21-46)57-42-33(54-5)17-25(18-34(42)55-6)39-27(19-44)26-12-22(8-7-11-43)13-30(51-2)40(26)58-39/h7-18,27,35-39,44-49H,19-21H2,1-6H3/t27-,35+,36+,37-,38-,39+/m1/s1. The predicted molar refractivity (Wildman–Crippen MR) is 208 cm³/mol. The number of allylic oxidation sites excluding steroid dienone is 1. The van der Waals surface area contributed by atoms with Gasteiger partial charge in [0.05, 0.1) is 68.4 Å². The van der Waals surface area contributed by atoms with Gasteiger partial charge in [-0.15, -0.1) is 0 Å². The van der Waals surface area contributed by atoms with Gasteiger partial charge < -0.3 is 73.3 Å². The van der Waals surface area contributed by atoms with Gasteiger partial charge in [0, 0.05) is 11.1 Å². The second-order valence-corrected chi connectivity index (χ2v) is 13.0. The van der Waals surface area contributed by atoms with E-state index in [4.69, 9.17) is 42.6 Å². The maximum Gasteiger partial charge on any atom is 0.204 e. The summed E-state index contributed by atoms with van der Waals surface area (Å²) in [5.74, 6) is 0.742. The summed E-state index contributed by atoms with van der Waals surface area (Å²) in [6.45, 7) is -1.62. The number of hydrogen-bond acceptors (Lipinski definition) is 16. The van der Waals surface area contributed by atoms with Crippen LogP contribution in [0.15, 0.2) is 60.7 Å². The molecule has 1 aliphatic rings. The van der Waals surface area contributed by atoms with Crippen molar-refractivity contribution in [1.29, 1.82) is 0 Å². The number of fused-ring (bicyclic) bond motifs is 1. The molecule has 0 aromatic heterocycles. The molecule has 312 valence electrons. The first kappa shape index (κ1) is 43.2. The lowest BCUT2D eigenvalue weighted by Crippen LogP contribution is -2.30. The van der Waals surface area contributed by atoms with Crippen molar-refractivity contribution in [1.82, 2.24) is 0 Å². The second-order valence-electron chi connectivity index (χ2n) is 13.0. The predicted octanol–water partition coefficient (Wildman–Crippen LogP) is 3.81. The van der Waals surface area contributed by atoms with E-state index in [1.54, 1.807) is 24.3 Å². The molecule has 0 aliphatic carbocycles. The van der Waals surface area contributed by atoms with Crippen molar-refractivity contribution in [3.63, 3.8) is 0 Å². The minimum Gasteiger partial charge on any atom is -0.504 e. The minimum absolute atomic E-state index is 0.00562. The van der Waals surface area contributed by atoms with Crippen LogP contribution in [-0.4, -0.2) is 112 Å². The lowest BCUT2D eigenvalue weighted by Gasteiger charge is -2.28. The molecule has 1 heterocycles. The van der Waals surface area contributed by atoms with Crippen LogP contribution in [0.25, 0.3) is 6.08 Å². The minimum atomic E-state index is -1.51. The van der Waals surface area contributed by atoms with E-state index in [0.29, 0.717) is 34.5 Å². The summed E-state index contributed by atoms with van der Waals surface area (Å²) in [7, 11) is 8.35. The Balaban J connectivity index is 1.44. The van der Waals surface area contributed by atoms with Gasteiger partial charge in [-0.3, -0.25) is 4.79 Å². The average Bonchev–Trinajstić information content (AvgIpc) is 3.64. The average molecular weight is 809 g/mol. The molecule has 6 N–H and O–H groups in total. The highest BCUT2D eigenvalue weighted by Gasteiger charge is 2.39. The summed E-state index contributed by atoms with van der Waals surface area (Å²) in [6.07, 6.45) is -2.56. The van der Waals surface area contributed by atoms with E-state index in [0.717, 1.165) is 0 Å². The van der Waals surface area contributed by atoms with E-state index in [1.807, 2.05) is 6.07 Å². The molecule has 0 saturated heterocycles. The molecule has 4 aromatic rings. The van der Waals surface area contributed by atoms with Crippen molar-refractivity contribution in [2.45, 2.75) is 36.4 Å². The molecule has 5 rings (SSSR count). The molecule has 58 heavy (non-hydrogen) atoms. The fourth-order valence-electron chi connectivity index (χ4n) is 6.69. The molecule has 0 unspecified atom stereocenters. The SMILES string of the molecule is COc1cc([C@@H](O)[C@H](CO)Oc2c(OC)cc([C@@H](O)[C@H](CO)Oc3c(OC)cc([C@@H]4Oc5c(OC)cc(C=CC=O)cc5[C@H]4CO)cc3OC)cc2OC)ccc1O. The molecule has 0 radical (unpaired) electrons. The van der Waals surface area contributed by atoms with Gasteiger partial charge in [-0.2, -0.15) is 0 Å².